The molecule has 0 radical (unpaired) electrons. The van der Waals surface area contributed by atoms with Crippen LogP contribution in [0.5, 0.6) is 0 Å². The molecule has 0 aliphatic rings. The molecule has 86 valence electrons. The zero-order valence-corrected chi connectivity index (χ0v) is 9.20. The number of hydrogen-bond acceptors (Lipinski definition) is 4. The number of rotatable bonds is 4. The van der Waals surface area contributed by atoms with Crippen molar-refractivity contribution in [1.82, 2.24) is 10.2 Å². The number of fused-ring (bicyclic) bond motifs is 1. The van der Waals surface area contributed by atoms with E-state index in [0.717, 1.165) is 16.6 Å². The molecule has 0 spiro atoms. The predicted octanol–water partition coefficient (Wildman–Crippen LogP) is 0.981. The van der Waals surface area contributed by atoms with Crippen LogP contribution in [-0.2, 0) is 0 Å². The second kappa shape index (κ2) is 4.69. The summed E-state index contributed by atoms with van der Waals surface area (Å²) in [6.45, 7) is -0.00103. The average Bonchev–Trinajstić information content (AvgIpc) is 2.77. The van der Waals surface area contributed by atoms with Gasteiger partial charge in [0.05, 0.1) is 35.1 Å². The molecule has 0 amide bonds. The molecule has 16 heavy (non-hydrogen) atoms. The maximum Gasteiger partial charge on any atom is 0.0942 e. The zero-order chi connectivity index (χ0) is 11.5. The number of nitrogens with zero attached hydrogens (tertiary/aromatic N) is 1. The molecule has 6 heteroatoms. The first-order valence-corrected chi connectivity index (χ1v) is 5.24. The lowest BCUT2D eigenvalue weighted by Crippen LogP contribution is -2.23. The summed E-state index contributed by atoms with van der Waals surface area (Å²) in [5.41, 5.74) is 1.59. The van der Waals surface area contributed by atoms with Crippen LogP contribution in [0, 0.1) is 0 Å². The first-order valence-electron chi connectivity index (χ1n) is 4.86. The number of aliphatic hydroxyl groups excluding tert-OH is 2. The van der Waals surface area contributed by atoms with Gasteiger partial charge in [-0.15, -0.1) is 0 Å². The SMILES string of the molecule is OCC(O)CNc1ccc(Cl)c2cn[nH]c12. The summed E-state index contributed by atoms with van der Waals surface area (Å²) in [7, 11) is 0. The highest BCUT2D eigenvalue weighted by Crippen LogP contribution is 2.27. The van der Waals surface area contributed by atoms with E-state index in [1.54, 1.807) is 18.3 Å². The van der Waals surface area contributed by atoms with Crippen LogP contribution in [-0.4, -0.2) is 39.7 Å². The van der Waals surface area contributed by atoms with Crippen LogP contribution in [0.4, 0.5) is 5.69 Å². The Hall–Kier alpha value is -1.30. The van der Waals surface area contributed by atoms with Crippen molar-refractivity contribution in [1.29, 1.82) is 0 Å². The summed E-state index contributed by atoms with van der Waals surface area (Å²) < 4.78 is 0. The number of benzene rings is 1. The highest BCUT2D eigenvalue weighted by Gasteiger charge is 2.08. The maximum absolute atomic E-state index is 9.23. The molecule has 0 aliphatic carbocycles. The number of halogens is 1. The standard InChI is InChI=1S/C10H12ClN3O2/c11-8-1-2-9(12-3-6(16)5-15)10-7(8)4-13-14-10/h1-2,4,6,12,15-16H,3,5H2,(H,13,14). The van der Waals surface area contributed by atoms with Gasteiger partial charge in [0.25, 0.3) is 0 Å². The van der Waals surface area contributed by atoms with E-state index in [0.29, 0.717) is 5.02 Å². The number of aliphatic hydroxyl groups is 2. The predicted molar refractivity (Wildman–Crippen MR) is 62.7 cm³/mol. The molecule has 1 unspecified atom stereocenters. The number of aromatic amines is 1. The molecule has 0 saturated heterocycles. The van der Waals surface area contributed by atoms with Crippen molar-refractivity contribution in [2.75, 3.05) is 18.5 Å². The molecule has 0 aliphatic heterocycles. The third kappa shape index (κ3) is 2.11. The Morgan fingerprint density at radius 3 is 3.06 bits per heavy atom. The Balaban J connectivity index is 2.24. The van der Waals surface area contributed by atoms with E-state index < -0.39 is 6.10 Å². The van der Waals surface area contributed by atoms with Crippen LogP contribution < -0.4 is 5.32 Å². The van der Waals surface area contributed by atoms with Gasteiger partial charge in [-0.3, -0.25) is 5.10 Å². The van der Waals surface area contributed by atoms with Crippen LogP contribution in [0.2, 0.25) is 5.02 Å². The summed E-state index contributed by atoms with van der Waals surface area (Å²) in [6, 6.07) is 3.56. The van der Waals surface area contributed by atoms with E-state index in [1.807, 2.05) is 0 Å². The lowest BCUT2D eigenvalue weighted by Gasteiger charge is -2.11. The van der Waals surface area contributed by atoms with Crippen molar-refractivity contribution < 1.29 is 10.2 Å². The van der Waals surface area contributed by atoms with E-state index in [4.69, 9.17) is 16.7 Å². The first kappa shape index (κ1) is 11.2. The summed E-state index contributed by atoms with van der Waals surface area (Å²) in [5.74, 6) is 0. The molecule has 0 saturated carbocycles. The first-order chi connectivity index (χ1) is 7.72. The highest BCUT2D eigenvalue weighted by atomic mass is 35.5. The molecule has 1 aromatic carbocycles. The largest absolute Gasteiger partial charge is 0.394 e. The van der Waals surface area contributed by atoms with E-state index in [9.17, 15) is 5.11 Å². The van der Waals surface area contributed by atoms with Crippen molar-refractivity contribution in [3.8, 4) is 0 Å². The zero-order valence-electron chi connectivity index (χ0n) is 8.44. The third-order valence-corrected chi connectivity index (χ3v) is 2.63. The topological polar surface area (TPSA) is 81.2 Å². The van der Waals surface area contributed by atoms with Gasteiger partial charge in [0, 0.05) is 11.9 Å². The monoisotopic (exact) mass is 241 g/mol. The Kier molecular flexibility index (Phi) is 3.28. The number of nitrogens with one attached hydrogen (secondary N) is 2. The Morgan fingerprint density at radius 2 is 2.31 bits per heavy atom. The van der Waals surface area contributed by atoms with Gasteiger partial charge in [-0.05, 0) is 12.1 Å². The number of hydrogen-bond donors (Lipinski definition) is 4. The quantitative estimate of drug-likeness (QED) is 0.643. The summed E-state index contributed by atoms with van der Waals surface area (Å²) in [6.07, 6.45) is 0.861. The van der Waals surface area contributed by atoms with E-state index in [1.165, 1.54) is 0 Å². The normalized spacial score (nSPS) is 12.9. The van der Waals surface area contributed by atoms with E-state index in [2.05, 4.69) is 15.5 Å². The molecule has 4 N–H and O–H groups in total. The Bertz CT molecular complexity index is 486. The molecule has 5 nitrogen and oxygen atoms in total. The maximum atomic E-state index is 9.23. The number of H-pyrrole nitrogens is 1. The fourth-order valence-electron chi connectivity index (χ4n) is 1.44. The highest BCUT2D eigenvalue weighted by molar-refractivity contribution is 6.35. The van der Waals surface area contributed by atoms with Gasteiger partial charge in [0.1, 0.15) is 0 Å². The molecule has 0 bridgehead atoms. The molecule has 1 atom stereocenters. The fourth-order valence-corrected chi connectivity index (χ4v) is 1.65. The second-order valence-electron chi connectivity index (χ2n) is 3.47. The van der Waals surface area contributed by atoms with E-state index >= 15 is 0 Å². The summed E-state index contributed by atoms with van der Waals surface area (Å²) >= 11 is 5.98. The Morgan fingerprint density at radius 1 is 1.50 bits per heavy atom. The second-order valence-corrected chi connectivity index (χ2v) is 3.88. The van der Waals surface area contributed by atoms with Crippen molar-refractivity contribution in [2.45, 2.75) is 6.10 Å². The van der Waals surface area contributed by atoms with Gasteiger partial charge in [-0.2, -0.15) is 5.10 Å². The van der Waals surface area contributed by atoms with Crippen molar-refractivity contribution in [3.63, 3.8) is 0 Å². The van der Waals surface area contributed by atoms with E-state index in [-0.39, 0.29) is 13.2 Å². The van der Waals surface area contributed by atoms with Crippen LogP contribution >= 0.6 is 11.6 Å². The lowest BCUT2D eigenvalue weighted by atomic mass is 10.2. The van der Waals surface area contributed by atoms with Crippen molar-refractivity contribution >= 4 is 28.2 Å². The molecular formula is C10H12ClN3O2. The van der Waals surface area contributed by atoms with Crippen molar-refractivity contribution in [2.24, 2.45) is 0 Å². The molecular weight excluding hydrogens is 230 g/mol. The smallest absolute Gasteiger partial charge is 0.0942 e. The summed E-state index contributed by atoms with van der Waals surface area (Å²) in [5, 5.41) is 29.1. The Labute approximate surface area is 97.0 Å². The van der Waals surface area contributed by atoms with Crippen LogP contribution in [0.3, 0.4) is 0 Å². The van der Waals surface area contributed by atoms with Gasteiger partial charge in [0.15, 0.2) is 0 Å². The van der Waals surface area contributed by atoms with Gasteiger partial charge in [0.2, 0.25) is 0 Å². The summed E-state index contributed by atoms with van der Waals surface area (Å²) in [4.78, 5) is 0. The molecule has 1 aromatic heterocycles. The molecule has 0 fully saturated rings. The van der Waals surface area contributed by atoms with Crippen LogP contribution in [0.25, 0.3) is 10.9 Å². The molecule has 1 heterocycles. The van der Waals surface area contributed by atoms with Crippen molar-refractivity contribution in [3.05, 3.63) is 23.4 Å². The number of anilines is 1. The minimum atomic E-state index is -0.784. The molecule has 2 rings (SSSR count). The van der Waals surface area contributed by atoms with Gasteiger partial charge in [-0.25, -0.2) is 0 Å². The molecule has 2 aromatic rings. The van der Waals surface area contributed by atoms with Gasteiger partial charge >= 0.3 is 0 Å². The minimum Gasteiger partial charge on any atom is -0.394 e. The minimum absolute atomic E-state index is 0.270. The fraction of sp³-hybridized carbons (Fsp3) is 0.300. The average molecular weight is 242 g/mol. The van der Waals surface area contributed by atoms with Gasteiger partial charge in [-0.1, -0.05) is 11.6 Å². The third-order valence-electron chi connectivity index (χ3n) is 2.30. The van der Waals surface area contributed by atoms with Gasteiger partial charge < -0.3 is 15.5 Å². The van der Waals surface area contributed by atoms with Crippen LogP contribution in [0.1, 0.15) is 0 Å². The lowest BCUT2D eigenvalue weighted by molar-refractivity contribution is 0.105. The van der Waals surface area contributed by atoms with Crippen LogP contribution in [0.15, 0.2) is 18.3 Å². The number of aromatic nitrogens is 2.